The minimum Gasteiger partial charge on any atom is -0.506 e. The lowest BCUT2D eigenvalue weighted by Gasteiger charge is -2.30. The maximum Gasteiger partial charge on any atom is 0.204 e. The zero-order valence-corrected chi connectivity index (χ0v) is 25.2. The number of aliphatic hydroxyl groups is 1. The maximum absolute atomic E-state index is 13.0. The summed E-state index contributed by atoms with van der Waals surface area (Å²) in [6.07, 6.45) is 21.1. The highest BCUT2D eigenvalue weighted by atomic mass is 16.3. The van der Waals surface area contributed by atoms with E-state index in [-0.39, 0.29) is 28.5 Å². The molecule has 2 aromatic rings. The van der Waals surface area contributed by atoms with Gasteiger partial charge >= 0.3 is 0 Å². The molecule has 1 aromatic carbocycles. The third-order valence-electron chi connectivity index (χ3n) is 8.18. The van der Waals surface area contributed by atoms with Gasteiger partial charge in [0.1, 0.15) is 5.76 Å². The summed E-state index contributed by atoms with van der Waals surface area (Å²) in [6.45, 7) is 5.44. The van der Waals surface area contributed by atoms with Gasteiger partial charge in [-0.05, 0) is 55.2 Å². The number of hydrogen-bond donors (Lipinski definition) is 1. The summed E-state index contributed by atoms with van der Waals surface area (Å²) in [5, 5.41) is 10.7. The summed E-state index contributed by atoms with van der Waals surface area (Å²) in [7, 11) is 0. The van der Waals surface area contributed by atoms with Crippen LogP contribution in [0.4, 0.5) is 11.4 Å². The summed E-state index contributed by atoms with van der Waals surface area (Å²) in [5.41, 5.74) is 3.13. The van der Waals surface area contributed by atoms with Gasteiger partial charge < -0.3 is 10.0 Å². The number of anilines is 2. The SMILES string of the molecule is CCCCCCCCC(CCCCCC)CN(c1ccccc1)c1ccc(C2=C(O)/C(=C3/C=CC(=O)C=N3)C2=O)nc1. The third kappa shape index (κ3) is 8.15. The first-order valence-corrected chi connectivity index (χ1v) is 15.8. The largest absolute Gasteiger partial charge is 0.506 e. The van der Waals surface area contributed by atoms with E-state index in [2.05, 4.69) is 53.0 Å². The van der Waals surface area contributed by atoms with Crippen LogP contribution >= 0.6 is 0 Å². The minimum absolute atomic E-state index is 0.127. The molecule has 0 spiro atoms. The Hall–Kier alpha value is -3.80. The number of ketones is 2. The van der Waals surface area contributed by atoms with E-state index in [4.69, 9.17) is 0 Å². The molecule has 0 fully saturated rings. The molecule has 0 bridgehead atoms. The van der Waals surface area contributed by atoms with Crippen LogP contribution in [-0.2, 0) is 9.59 Å². The standard InChI is InChI=1S/C36H45N3O3/c1-3-5-7-9-10-13-17-27(16-12-8-6-4-2)26-39(28-18-14-11-15-19-28)29-20-22-31(37-24-29)33-35(41)34(36(33)42)32-23-21-30(40)25-38-32/h11,14-15,18-25,27,41H,3-10,12-13,16-17,26H2,1-2H3/b34-32+. The van der Waals surface area contributed by atoms with Crippen molar-refractivity contribution in [1.82, 2.24) is 4.98 Å². The van der Waals surface area contributed by atoms with Crippen LogP contribution in [0, 0.1) is 5.92 Å². The summed E-state index contributed by atoms with van der Waals surface area (Å²) in [6, 6.07) is 14.2. The van der Waals surface area contributed by atoms with Gasteiger partial charge in [0.2, 0.25) is 5.78 Å². The van der Waals surface area contributed by atoms with Gasteiger partial charge in [0.15, 0.2) is 5.78 Å². The Labute approximate surface area is 251 Å². The number of unbranched alkanes of at least 4 members (excludes halogenated alkanes) is 8. The molecular formula is C36H45N3O3. The predicted octanol–water partition coefficient (Wildman–Crippen LogP) is 8.87. The van der Waals surface area contributed by atoms with Crippen LogP contribution in [0.2, 0.25) is 0 Å². The fraction of sp³-hybridized carbons (Fsp3) is 0.444. The molecular weight excluding hydrogens is 522 g/mol. The van der Waals surface area contributed by atoms with E-state index >= 15 is 0 Å². The van der Waals surface area contributed by atoms with Gasteiger partial charge in [0.05, 0.1) is 40.6 Å². The van der Waals surface area contributed by atoms with Crippen molar-refractivity contribution < 1.29 is 14.7 Å². The zero-order chi connectivity index (χ0) is 29.7. The molecule has 1 aromatic heterocycles. The maximum atomic E-state index is 13.0. The van der Waals surface area contributed by atoms with E-state index in [1.165, 1.54) is 89.2 Å². The number of Topliss-reactive ketones (excluding diaryl/α,β-unsaturated/α-hetero) is 1. The third-order valence-corrected chi connectivity index (χ3v) is 8.18. The summed E-state index contributed by atoms with van der Waals surface area (Å²) < 4.78 is 0. The second kappa shape index (κ2) is 16.0. The van der Waals surface area contributed by atoms with E-state index in [0.717, 1.165) is 24.1 Å². The first-order chi connectivity index (χ1) is 20.5. The van der Waals surface area contributed by atoms with Crippen LogP contribution < -0.4 is 4.90 Å². The molecule has 6 heteroatoms. The summed E-state index contributed by atoms with van der Waals surface area (Å²) in [4.78, 5) is 35.3. The number of pyridine rings is 1. The van der Waals surface area contributed by atoms with Gasteiger partial charge in [-0.2, -0.15) is 0 Å². The molecule has 222 valence electrons. The molecule has 0 saturated carbocycles. The number of rotatable bonds is 17. The van der Waals surface area contributed by atoms with E-state index < -0.39 is 0 Å². The van der Waals surface area contributed by atoms with Crippen LogP contribution in [0.25, 0.3) is 5.57 Å². The van der Waals surface area contributed by atoms with E-state index in [0.29, 0.717) is 17.3 Å². The van der Waals surface area contributed by atoms with Crippen molar-refractivity contribution in [2.24, 2.45) is 10.9 Å². The van der Waals surface area contributed by atoms with Crippen molar-refractivity contribution in [3.63, 3.8) is 0 Å². The molecule has 1 unspecified atom stereocenters. The smallest absolute Gasteiger partial charge is 0.204 e. The normalized spacial score (nSPS) is 17.1. The topological polar surface area (TPSA) is 82.9 Å². The fourth-order valence-corrected chi connectivity index (χ4v) is 5.73. The van der Waals surface area contributed by atoms with Crippen molar-refractivity contribution in [3.05, 3.63) is 83.5 Å². The van der Waals surface area contributed by atoms with Crippen molar-refractivity contribution in [2.75, 3.05) is 11.4 Å². The monoisotopic (exact) mass is 567 g/mol. The van der Waals surface area contributed by atoms with Gasteiger partial charge in [-0.25, -0.2) is 0 Å². The van der Waals surface area contributed by atoms with Crippen LogP contribution in [0.3, 0.4) is 0 Å². The molecule has 2 heterocycles. The van der Waals surface area contributed by atoms with E-state index in [9.17, 15) is 14.7 Å². The van der Waals surface area contributed by atoms with E-state index in [1.54, 1.807) is 6.20 Å². The molecule has 0 saturated heterocycles. The number of aromatic nitrogens is 1. The quantitative estimate of drug-likeness (QED) is 0.152. The van der Waals surface area contributed by atoms with Crippen molar-refractivity contribution in [2.45, 2.75) is 90.9 Å². The lowest BCUT2D eigenvalue weighted by atomic mass is 9.84. The summed E-state index contributed by atoms with van der Waals surface area (Å²) >= 11 is 0. The molecule has 6 nitrogen and oxygen atoms in total. The van der Waals surface area contributed by atoms with Crippen LogP contribution in [0.5, 0.6) is 0 Å². The number of aliphatic imine (C=N–C) groups is 1. The lowest BCUT2D eigenvalue weighted by molar-refractivity contribution is -0.112. The van der Waals surface area contributed by atoms with Crippen molar-refractivity contribution >= 4 is 34.7 Å². The first kappa shape index (κ1) is 31.1. The molecule has 4 rings (SSSR count). The van der Waals surface area contributed by atoms with Crippen molar-refractivity contribution in [3.8, 4) is 0 Å². The minimum atomic E-state index is -0.315. The van der Waals surface area contributed by atoms with Gasteiger partial charge in [0, 0.05) is 12.2 Å². The van der Waals surface area contributed by atoms with E-state index in [1.807, 2.05) is 18.2 Å². The number of carbonyl (C=O) groups is 2. The second-order valence-corrected chi connectivity index (χ2v) is 11.4. The molecule has 1 atom stereocenters. The second-order valence-electron chi connectivity index (χ2n) is 11.4. The van der Waals surface area contributed by atoms with Gasteiger partial charge in [0.25, 0.3) is 0 Å². The Kier molecular flexibility index (Phi) is 11.9. The van der Waals surface area contributed by atoms with Crippen LogP contribution in [0.15, 0.2) is 82.8 Å². The number of nitrogens with zero attached hydrogens (tertiary/aromatic N) is 3. The highest BCUT2D eigenvalue weighted by molar-refractivity contribution is 6.39. The highest BCUT2D eigenvalue weighted by Crippen LogP contribution is 2.39. The lowest BCUT2D eigenvalue weighted by Crippen LogP contribution is -2.26. The number of benzene rings is 1. The highest BCUT2D eigenvalue weighted by Gasteiger charge is 2.38. The Morgan fingerprint density at radius 2 is 1.43 bits per heavy atom. The molecule has 0 amide bonds. The Balaban J connectivity index is 1.52. The Morgan fingerprint density at radius 1 is 0.762 bits per heavy atom. The molecule has 42 heavy (non-hydrogen) atoms. The number of allylic oxidation sites excluding steroid dienone is 4. The number of carbonyl (C=O) groups excluding carboxylic acids is 2. The number of dihydropyridines is 1. The average molecular weight is 568 g/mol. The average Bonchev–Trinajstić information content (AvgIpc) is 3.01. The fourth-order valence-electron chi connectivity index (χ4n) is 5.73. The molecule has 1 N–H and O–H groups in total. The number of aliphatic hydroxyl groups excluding tert-OH is 1. The molecule has 2 aliphatic rings. The molecule has 0 radical (unpaired) electrons. The predicted molar refractivity (Wildman–Crippen MR) is 172 cm³/mol. The van der Waals surface area contributed by atoms with Gasteiger partial charge in [-0.15, -0.1) is 0 Å². The van der Waals surface area contributed by atoms with Crippen LogP contribution in [0.1, 0.15) is 96.6 Å². The van der Waals surface area contributed by atoms with Gasteiger partial charge in [-0.3, -0.25) is 19.6 Å². The Bertz CT molecular complexity index is 1300. The first-order valence-electron chi connectivity index (χ1n) is 15.8. The van der Waals surface area contributed by atoms with Crippen LogP contribution in [-0.4, -0.2) is 34.4 Å². The van der Waals surface area contributed by atoms with Gasteiger partial charge in [-0.1, -0.05) is 96.3 Å². The number of hydrogen-bond acceptors (Lipinski definition) is 6. The Morgan fingerprint density at radius 3 is 2.02 bits per heavy atom. The number of para-hydroxylation sites is 1. The summed E-state index contributed by atoms with van der Waals surface area (Å²) in [5.74, 6) is -0.106. The van der Waals surface area contributed by atoms with Crippen molar-refractivity contribution in [1.29, 1.82) is 0 Å². The molecule has 1 aliphatic heterocycles. The zero-order valence-electron chi connectivity index (χ0n) is 25.2. The molecule has 1 aliphatic carbocycles.